The Morgan fingerprint density at radius 3 is 2.75 bits per heavy atom. The molecule has 1 aromatic heterocycles. The van der Waals surface area contributed by atoms with Gasteiger partial charge in [-0.1, -0.05) is 42.5 Å². The van der Waals surface area contributed by atoms with Gasteiger partial charge in [-0.25, -0.2) is 4.98 Å². The van der Waals surface area contributed by atoms with Crippen molar-refractivity contribution in [3.05, 3.63) is 72.2 Å². The molecule has 0 radical (unpaired) electrons. The van der Waals surface area contributed by atoms with Gasteiger partial charge in [0, 0.05) is 20.1 Å². The van der Waals surface area contributed by atoms with Gasteiger partial charge in [0.05, 0.1) is 18.4 Å². The number of aliphatic imine (C=N–C) groups is 1. The number of hydrogen-bond donors (Lipinski definition) is 3. The van der Waals surface area contributed by atoms with Crippen LogP contribution in [0, 0.1) is 0 Å². The first-order chi connectivity index (χ1) is 13.7. The number of H-pyrrole nitrogens is 1. The summed E-state index contributed by atoms with van der Waals surface area (Å²) in [5.41, 5.74) is 3.20. The number of rotatable bonds is 7. The summed E-state index contributed by atoms with van der Waals surface area (Å²) in [6, 6.07) is 17.5. The zero-order valence-electron chi connectivity index (χ0n) is 16.4. The van der Waals surface area contributed by atoms with Crippen LogP contribution >= 0.6 is 0 Å². The third-order valence-corrected chi connectivity index (χ3v) is 4.37. The summed E-state index contributed by atoms with van der Waals surface area (Å²) in [6.07, 6.45) is 2.64. The smallest absolute Gasteiger partial charge is 0.194 e. The number of phenols is 1. The molecule has 2 aromatic carbocycles. The number of benzene rings is 2. The van der Waals surface area contributed by atoms with Gasteiger partial charge in [-0.15, -0.1) is 0 Å². The van der Waals surface area contributed by atoms with Crippen LogP contribution in [0.4, 0.5) is 0 Å². The molecule has 0 amide bonds. The Morgan fingerprint density at radius 2 is 2.00 bits per heavy atom. The number of hydrogen-bond acceptors (Lipinski definition) is 3. The van der Waals surface area contributed by atoms with Crippen molar-refractivity contribution < 1.29 is 5.11 Å². The summed E-state index contributed by atoms with van der Waals surface area (Å²) in [5, 5.41) is 12.9. The molecule has 28 heavy (non-hydrogen) atoms. The van der Waals surface area contributed by atoms with Crippen molar-refractivity contribution in [2.24, 2.45) is 4.99 Å². The second kappa shape index (κ2) is 9.60. The molecule has 3 N–H and O–H groups in total. The zero-order chi connectivity index (χ0) is 19.8. The standard InChI is InChI=1S/C22H27N5O/c1-3-23-22(24-13-12-17-8-7-11-19(28)14-17)27(2)16-21-25-15-20(26-21)18-9-5-4-6-10-18/h4-11,14-15,28H,3,12-13,16H2,1-2H3,(H,23,24)(H,25,26). The van der Waals surface area contributed by atoms with Crippen molar-refractivity contribution >= 4 is 5.96 Å². The summed E-state index contributed by atoms with van der Waals surface area (Å²) in [6.45, 7) is 4.12. The normalized spacial score (nSPS) is 11.4. The summed E-state index contributed by atoms with van der Waals surface area (Å²) < 4.78 is 0. The summed E-state index contributed by atoms with van der Waals surface area (Å²) >= 11 is 0. The van der Waals surface area contributed by atoms with Gasteiger partial charge in [-0.05, 0) is 36.6 Å². The fraction of sp³-hybridized carbons (Fsp3) is 0.273. The molecular weight excluding hydrogens is 350 g/mol. The molecule has 0 aliphatic carbocycles. The van der Waals surface area contributed by atoms with Gasteiger partial charge >= 0.3 is 0 Å². The number of nitrogens with one attached hydrogen (secondary N) is 2. The first-order valence-corrected chi connectivity index (χ1v) is 9.52. The lowest BCUT2D eigenvalue weighted by molar-refractivity contribution is 0.464. The second-order valence-corrected chi connectivity index (χ2v) is 6.62. The Kier molecular flexibility index (Phi) is 6.68. The third-order valence-electron chi connectivity index (χ3n) is 4.37. The van der Waals surface area contributed by atoms with Crippen LogP contribution in [0.1, 0.15) is 18.3 Å². The van der Waals surface area contributed by atoms with Crippen molar-refractivity contribution in [3.8, 4) is 17.0 Å². The van der Waals surface area contributed by atoms with Crippen LogP contribution in [0.3, 0.4) is 0 Å². The van der Waals surface area contributed by atoms with Crippen LogP contribution in [0.2, 0.25) is 0 Å². The Labute approximate surface area is 166 Å². The molecular formula is C22H27N5O. The predicted molar refractivity (Wildman–Crippen MR) is 113 cm³/mol. The van der Waals surface area contributed by atoms with Crippen molar-refractivity contribution in [3.63, 3.8) is 0 Å². The summed E-state index contributed by atoms with van der Waals surface area (Å²) in [5.74, 6) is 2.01. The number of aromatic hydroxyl groups is 1. The van der Waals surface area contributed by atoms with Crippen LogP contribution in [-0.4, -0.2) is 46.1 Å². The first kappa shape index (κ1) is 19.5. The highest BCUT2D eigenvalue weighted by molar-refractivity contribution is 5.79. The maximum atomic E-state index is 9.58. The van der Waals surface area contributed by atoms with Crippen LogP contribution in [0.25, 0.3) is 11.3 Å². The van der Waals surface area contributed by atoms with Crippen LogP contribution < -0.4 is 5.32 Å². The molecule has 0 unspecified atom stereocenters. The minimum absolute atomic E-state index is 0.289. The Hall–Kier alpha value is -3.28. The topological polar surface area (TPSA) is 76.5 Å². The number of phenolic OH excluding ortho intramolecular Hbond substituents is 1. The van der Waals surface area contributed by atoms with E-state index in [0.717, 1.165) is 41.6 Å². The maximum Gasteiger partial charge on any atom is 0.194 e. The lowest BCUT2D eigenvalue weighted by atomic mass is 10.1. The van der Waals surface area contributed by atoms with Crippen molar-refractivity contribution in [1.82, 2.24) is 20.2 Å². The van der Waals surface area contributed by atoms with Gasteiger partial charge in [0.25, 0.3) is 0 Å². The van der Waals surface area contributed by atoms with Crippen molar-refractivity contribution in [1.29, 1.82) is 0 Å². The highest BCUT2D eigenvalue weighted by atomic mass is 16.3. The van der Waals surface area contributed by atoms with Gasteiger partial charge in [0.15, 0.2) is 5.96 Å². The lowest BCUT2D eigenvalue weighted by Crippen LogP contribution is -2.38. The van der Waals surface area contributed by atoms with E-state index in [-0.39, 0.29) is 5.75 Å². The molecule has 6 nitrogen and oxygen atoms in total. The highest BCUT2D eigenvalue weighted by Crippen LogP contribution is 2.16. The fourth-order valence-electron chi connectivity index (χ4n) is 2.98. The van der Waals surface area contributed by atoms with Crippen LogP contribution in [0.15, 0.2) is 65.8 Å². The Morgan fingerprint density at radius 1 is 1.18 bits per heavy atom. The maximum absolute atomic E-state index is 9.58. The fourth-order valence-corrected chi connectivity index (χ4v) is 2.98. The Bertz CT molecular complexity index is 904. The molecule has 0 fully saturated rings. The molecule has 0 aliphatic rings. The molecule has 3 aromatic rings. The van der Waals surface area contributed by atoms with E-state index in [0.29, 0.717) is 13.1 Å². The van der Waals surface area contributed by atoms with Crippen molar-refractivity contribution in [2.75, 3.05) is 20.1 Å². The third kappa shape index (κ3) is 5.36. The van der Waals surface area contributed by atoms with E-state index >= 15 is 0 Å². The van der Waals surface area contributed by atoms with E-state index in [1.807, 2.05) is 43.6 Å². The van der Waals surface area contributed by atoms with E-state index in [9.17, 15) is 5.11 Å². The number of nitrogens with zero attached hydrogens (tertiary/aromatic N) is 3. The molecule has 0 atom stereocenters. The first-order valence-electron chi connectivity index (χ1n) is 9.52. The predicted octanol–water partition coefficient (Wildman–Crippen LogP) is 3.42. The van der Waals surface area contributed by atoms with E-state index in [1.54, 1.807) is 12.1 Å². The minimum atomic E-state index is 0.289. The van der Waals surface area contributed by atoms with E-state index in [1.165, 1.54) is 0 Å². The largest absolute Gasteiger partial charge is 0.508 e. The van der Waals surface area contributed by atoms with Gasteiger partial charge in [0.1, 0.15) is 11.6 Å². The summed E-state index contributed by atoms with van der Waals surface area (Å²) in [7, 11) is 2.00. The number of imidazole rings is 1. The van der Waals surface area contributed by atoms with Crippen molar-refractivity contribution in [2.45, 2.75) is 19.9 Å². The molecule has 0 aliphatic heterocycles. The molecule has 6 heteroatoms. The average molecular weight is 377 g/mol. The Balaban J connectivity index is 1.62. The number of aromatic nitrogens is 2. The van der Waals surface area contributed by atoms with Crippen LogP contribution in [0.5, 0.6) is 5.75 Å². The monoisotopic (exact) mass is 377 g/mol. The highest BCUT2D eigenvalue weighted by Gasteiger charge is 2.10. The van der Waals surface area contributed by atoms with Gasteiger partial charge in [-0.3, -0.25) is 4.99 Å². The van der Waals surface area contributed by atoms with Gasteiger partial charge in [0.2, 0.25) is 0 Å². The zero-order valence-corrected chi connectivity index (χ0v) is 16.4. The molecule has 0 bridgehead atoms. The second-order valence-electron chi connectivity index (χ2n) is 6.62. The lowest BCUT2D eigenvalue weighted by Gasteiger charge is -2.21. The molecule has 0 saturated heterocycles. The van der Waals surface area contributed by atoms with E-state index < -0.39 is 0 Å². The number of guanidine groups is 1. The molecule has 1 heterocycles. The molecule has 3 rings (SSSR count). The van der Waals surface area contributed by atoms with E-state index in [2.05, 4.69) is 39.2 Å². The number of aromatic amines is 1. The van der Waals surface area contributed by atoms with Gasteiger partial charge < -0.3 is 20.3 Å². The van der Waals surface area contributed by atoms with E-state index in [4.69, 9.17) is 4.99 Å². The average Bonchev–Trinajstić information content (AvgIpc) is 3.16. The molecule has 146 valence electrons. The van der Waals surface area contributed by atoms with Gasteiger partial charge in [-0.2, -0.15) is 0 Å². The SMILES string of the molecule is CCNC(=NCCc1cccc(O)c1)N(C)Cc1ncc(-c2ccccc2)[nH]1. The quantitative estimate of drug-likeness (QED) is 0.436. The summed E-state index contributed by atoms with van der Waals surface area (Å²) in [4.78, 5) is 14.6. The molecule has 0 spiro atoms. The minimum Gasteiger partial charge on any atom is -0.508 e. The van der Waals surface area contributed by atoms with Crippen LogP contribution in [-0.2, 0) is 13.0 Å². The molecule has 0 saturated carbocycles.